The minimum Gasteiger partial charge on any atom is -0.480 e. The summed E-state index contributed by atoms with van der Waals surface area (Å²) in [6.07, 6.45) is 1.18. The molecule has 0 unspecified atom stereocenters. The van der Waals surface area contributed by atoms with E-state index in [-0.39, 0.29) is 41.9 Å². The molecule has 2 aliphatic heterocycles. The first kappa shape index (κ1) is 22.8. The summed E-state index contributed by atoms with van der Waals surface area (Å²) in [5, 5.41) is 2.58. The van der Waals surface area contributed by atoms with Crippen LogP contribution in [0.5, 0.6) is 5.88 Å². The van der Waals surface area contributed by atoms with E-state index >= 15 is 0 Å². The third-order valence-electron chi connectivity index (χ3n) is 5.79. The SMILES string of the molecule is COc1cnc(C(=O)Nc2ccc(F)c([C@@]3(CF)N=C(N)O[C@@H]4C[C@@H](CF)OC[C@@H]43)c2)cn1. The number of fused-ring (bicyclic) bond motifs is 1. The Morgan fingerprint density at radius 2 is 2.15 bits per heavy atom. The number of amidine groups is 1. The summed E-state index contributed by atoms with van der Waals surface area (Å²) < 4.78 is 58.6. The highest BCUT2D eigenvalue weighted by molar-refractivity contribution is 6.02. The van der Waals surface area contributed by atoms with Gasteiger partial charge in [-0.1, -0.05) is 0 Å². The second-order valence-electron chi connectivity index (χ2n) is 7.71. The zero-order chi connectivity index (χ0) is 23.6. The van der Waals surface area contributed by atoms with Gasteiger partial charge in [0, 0.05) is 17.7 Å². The van der Waals surface area contributed by atoms with Gasteiger partial charge in [-0.15, -0.1) is 0 Å². The Balaban J connectivity index is 1.66. The molecule has 33 heavy (non-hydrogen) atoms. The molecule has 0 bridgehead atoms. The topological polar surface area (TPSA) is 121 Å². The maximum atomic E-state index is 15.0. The van der Waals surface area contributed by atoms with E-state index in [0.717, 1.165) is 6.07 Å². The molecule has 9 nitrogen and oxygen atoms in total. The molecule has 4 rings (SSSR count). The van der Waals surface area contributed by atoms with Gasteiger partial charge in [0.1, 0.15) is 36.5 Å². The van der Waals surface area contributed by atoms with Crippen LogP contribution >= 0.6 is 0 Å². The molecule has 3 N–H and O–H groups in total. The number of amides is 1. The van der Waals surface area contributed by atoms with Crippen molar-refractivity contribution < 1.29 is 32.2 Å². The summed E-state index contributed by atoms with van der Waals surface area (Å²) in [4.78, 5) is 24.5. The van der Waals surface area contributed by atoms with Crippen LogP contribution in [0, 0.1) is 11.7 Å². The Kier molecular flexibility index (Phi) is 6.36. The Hall–Kier alpha value is -3.41. The van der Waals surface area contributed by atoms with Crippen LogP contribution in [0.4, 0.5) is 18.9 Å². The van der Waals surface area contributed by atoms with Crippen LogP contribution in [0.2, 0.25) is 0 Å². The second-order valence-corrected chi connectivity index (χ2v) is 7.71. The first-order valence-corrected chi connectivity index (χ1v) is 10.1. The summed E-state index contributed by atoms with van der Waals surface area (Å²) in [5.74, 6) is -1.89. The Morgan fingerprint density at radius 3 is 2.82 bits per heavy atom. The number of nitrogens with zero attached hydrogens (tertiary/aromatic N) is 3. The van der Waals surface area contributed by atoms with Gasteiger partial charge in [0.2, 0.25) is 5.88 Å². The highest BCUT2D eigenvalue weighted by Gasteiger charge is 2.53. The van der Waals surface area contributed by atoms with Crippen molar-refractivity contribution >= 4 is 17.6 Å². The van der Waals surface area contributed by atoms with Gasteiger partial charge in [0.25, 0.3) is 11.9 Å². The monoisotopic (exact) mass is 465 g/mol. The van der Waals surface area contributed by atoms with Gasteiger partial charge in [0.05, 0.1) is 38.1 Å². The van der Waals surface area contributed by atoms with Crippen LogP contribution < -0.4 is 15.8 Å². The van der Waals surface area contributed by atoms with Crippen molar-refractivity contribution in [3.63, 3.8) is 0 Å². The number of carbonyl (C=O) groups excluding carboxylic acids is 1. The molecule has 0 spiro atoms. The van der Waals surface area contributed by atoms with Crippen LogP contribution in [0.3, 0.4) is 0 Å². The van der Waals surface area contributed by atoms with Crippen LogP contribution in [0.25, 0.3) is 0 Å². The minimum absolute atomic E-state index is 0.00628. The summed E-state index contributed by atoms with van der Waals surface area (Å²) >= 11 is 0. The normalized spacial score (nSPS) is 26.5. The largest absolute Gasteiger partial charge is 0.480 e. The Morgan fingerprint density at radius 1 is 1.33 bits per heavy atom. The number of rotatable bonds is 6. The predicted molar refractivity (Wildman–Crippen MR) is 111 cm³/mol. The number of nitrogens with one attached hydrogen (secondary N) is 1. The standard InChI is InChI=1S/C21H22F3N5O4/c1-31-18-8-26-16(7-27-18)19(30)28-11-2-3-15(24)13(4-11)21(10-23)14-9-32-12(6-22)5-17(14)33-20(25)29-21/h2-4,7-8,12,14,17H,5-6,9-10H2,1H3,(H2,25,29)(H,28,30)/t12-,14-,17+,21+/m0/s1. The maximum Gasteiger partial charge on any atom is 0.283 e. The van der Waals surface area contributed by atoms with Crippen LogP contribution in [0.15, 0.2) is 35.6 Å². The zero-order valence-corrected chi connectivity index (χ0v) is 17.6. The number of carbonyl (C=O) groups is 1. The van der Waals surface area contributed by atoms with Crippen molar-refractivity contribution in [2.24, 2.45) is 16.6 Å². The summed E-state index contributed by atoms with van der Waals surface area (Å²) in [7, 11) is 1.41. The van der Waals surface area contributed by atoms with Gasteiger partial charge in [-0.25, -0.2) is 28.1 Å². The maximum absolute atomic E-state index is 15.0. The highest BCUT2D eigenvalue weighted by Crippen LogP contribution is 2.45. The molecule has 4 atom stereocenters. The molecule has 0 radical (unpaired) electrons. The van der Waals surface area contributed by atoms with Crippen molar-refractivity contribution in [2.75, 3.05) is 32.4 Å². The summed E-state index contributed by atoms with van der Waals surface area (Å²) in [6, 6.07) is 3.37. The van der Waals surface area contributed by atoms with Crippen LogP contribution in [-0.4, -0.2) is 61.2 Å². The first-order chi connectivity index (χ1) is 15.9. The molecule has 2 aliphatic rings. The number of methoxy groups -OCH3 is 1. The van der Waals surface area contributed by atoms with Gasteiger partial charge in [0.15, 0.2) is 0 Å². The number of hydrogen-bond donors (Lipinski definition) is 2. The van der Waals surface area contributed by atoms with Gasteiger partial charge in [-0.2, -0.15) is 0 Å². The minimum atomic E-state index is -1.76. The van der Waals surface area contributed by atoms with Crippen molar-refractivity contribution in [1.29, 1.82) is 0 Å². The Bertz CT molecular complexity index is 1050. The first-order valence-electron chi connectivity index (χ1n) is 10.1. The highest BCUT2D eigenvalue weighted by atomic mass is 19.1. The number of benzene rings is 1. The molecule has 1 aromatic carbocycles. The number of ether oxygens (including phenoxy) is 3. The van der Waals surface area contributed by atoms with Gasteiger partial charge in [-0.05, 0) is 18.2 Å². The number of halogens is 3. The smallest absolute Gasteiger partial charge is 0.283 e. The van der Waals surface area contributed by atoms with E-state index in [9.17, 15) is 18.0 Å². The van der Waals surface area contributed by atoms with Crippen LogP contribution in [0.1, 0.15) is 22.5 Å². The number of alkyl halides is 2. The van der Waals surface area contributed by atoms with E-state index in [2.05, 4.69) is 20.3 Å². The van der Waals surface area contributed by atoms with Crippen molar-refractivity contribution in [2.45, 2.75) is 24.2 Å². The molecule has 0 saturated carbocycles. The summed E-state index contributed by atoms with van der Waals surface area (Å²) in [5.41, 5.74) is 4.07. The molecule has 3 heterocycles. The van der Waals surface area contributed by atoms with Crippen molar-refractivity contribution in [1.82, 2.24) is 9.97 Å². The van der Waals surface area contributed by atoms with Crippen molar-refractivity contribution in [3.05, 3.63) is 47.7 Å². The molecule has 1 fully saturated rings. The lowest BCUT2D eigenvalue weighted by Crippen LogP contribution is -2.56. The third-order valence-corrected chi connectivity index (χ3v) is 5.79. The van der Waals surface area contributed by atoms with E-state index in [0.29, 0.717) is 0 Å². The van der Waals surface area contributed by atoms with Gasteiger partial charge >= 0.3 is 0 Å². The number of anilines is 1. The molecular formula is C21H22F3N5O4. The molecular weight excluding hydrogens is 443 g/mol. The fraction of sp³-hybridized carbons (Fsp3) is 0.429. The average Bonchev–Trinajstić information content (AvgIpc) is 2.84. The van der Waals surface area contributed by atoms with Crippen LogP contribution in [-0.2, 0) is 15.0 Å². The van der Waals surface area contributed by atoms with Gasteiger partial charge in [-0.3, -0.25) is 4.79 Å². The quantitative estimate of drug-likeness (QED) is 0.670. The number of aliphatic imine (C=N–C) groups is 1. The van der Waals surface area contributed by atoms with E-state index in [1.54, 1.807) is 0 Å². The molecule has 0 aliphatic carbocycles. The molecule has 176 valence electrons. The van der Waals surface area contributed by atoms with E-state index in [4.69, 9.17) is 19.9 Å². The lowest BCUT2D eigenvalue weighted by molar-refractivity contribution is -0.119. The predicted octanol–water partition coefficient (Wildman–Crippen LogP) is 2.13. The molecule has 2 aromatic rings. The average molecular weight is 465 g/mol. The third kappa shape index (κ3) is 4.30. The van der Waals surface area contributed by atoms with E-state index < -0.39 is 48.7 Å². The number of aromatic nitrogens is 2. The zero-order valence-electron chi connectivity index (χ0n) is 17.6. The second kappa shape index (κ2) is 9.22. The molecule has 1 saturated heterocycles. The Labute approximate surface area is 187 Å². The fourth-order valence-corrected chi connectivity index (χ4v) is 4.11. The number of hydrogen-bond acceptors (Lipinski definition) is 8. The fourth-order valence-electron chi connectivity index (χ4n) is 4.11. The van der Waals surface area contributed by atoms with E-state index in [1.807, 2.05) is 0 Å². The van der Waals surface area contributed by atoms with Gasteiger partial charge < -0.3 is 25.3 Å². The van der Waals surface area contributed by atoms with E-state index in [1.165, 1.54) is 31.6 Å². The lowest BCUT2D eigenvalue weighted by atomic mass is 9.73. The molecule has 1 aromatic heterocycles. The summed E-state index contributed by atoms with van der Waals surface area (Å²) in [6.45, 7) is -1.95. The lowest BCUT2D eigenvalue weighted by Gasteiger charge is -2.46. The molecule has 12 heteroatoms. The van der Waals surface area contributed by atoms with Crippen molar-refractivity contribution in [3.8, 4) is 5.88 Å². The number of nitrogens with two attached hydrogens (primary N) is 1. The molecule has 1 amide bonds.